The lowest BCUT2D eigenvalue weighted by Crippen LogP contribution is -2.32. The first kappa shape index (κ1) is 15.6. The first-order valence-electron chi connectivity index (χ1n) is 6.89. The zero-order chi connectivity index (χ0) is 15.2. The number of carbonyl (C=O) groups excluding carboxylic acids is 1. The van der Waals surface area contributed by atoms with Crippen LogP contribution in [0.1, 0.15) is 23.9 Å². The van der Waals surface area contributed by atoms with Crippen molar-refractivity contribution in [1.82, 2.24) is 10.1 Å². The summed E-state index contributed by atoms with van der Waals surface area (Å²) < 4.78 is 5.03. The van der Waals surface area contributed by atoms with Crippen molar-refractivity contribution in [3.8, 4) is 0 Å². The summed E-state index contributed by atoms with van der Waals surface area (Å²) >= 11 is 1.58. The summed E-state index contributed by atoms with van der Waals surface area (Å²) in [6.45, 7) is 4.43. The molecule has 0 radical (unpaired) electrons. The normalized spacial score (nSPS) is 12.1. The quantitative estimate of drug-likeness (QED) is 0.822. The van der Waals surface area contributed by atoms with Gasteiger partial charge in [-0.1, -0.05) is 35.5 Å². The maximum atomic E-state index is 12.3. The topological polar surface area (TPSA) is 46.3 Å². The summed E-state index contributed by atoms with van der Waals surface area (Å²) in [5, 5.41) is 3.84. The molecule has 0 spiro atoms. The molecule has 0 saturated carbocycles. The summed E-state index contributed by atoms with van der Waals surface area (Å²) in [4.78, 5) is 14.1. The van der Waals surface area contributed by atoms with Crippen molar-refractivity contribution in [3.63, 3.8) is 0 Å². The van der Waals surface area contributed by atoms with Crippen LogP contribution in [0.5, 0.6) is 0 Å². The SMILES string of the molecule is Cc1cc(CSC(C)C(=O)N(C)Cc2ccccc2)no1. The van der Waals surface area contributed by atoms with Gasteiger partial charge in [0.1, 0.15) is 5.76 Å². The number of nitrogens with zero attached hydrogens (tertiary/aromatic N) is 2. The molecule has 1 aromatic carbocycles. The van der Waals surface area contributed by atoms with Crippen LogP contribution in [-0.2, 0) is 17.1 Å². The van der Waals surface area contributed by atoms with Crippen molar-refractivity contribution in [3.05, 3.63) is 53.4 Å². The average Bonchev–Trinajstić information content (AvgIpc) is 2.90. The van der Waals surface area contributed by atoms with Crippen LogP contribution in [0.15, 0.2) is 40.9 Å². The van der Waals surface area contributed by atoms with Crippen LogP contribution in [0.25, 0.3) is 0 Å². The van der Waals surface area contributed by atoms with Crippen molar-refractivity contribution >= 4 is 17.7 Å². The Morgan fingerprint density at radius 3 is 2.71 bits per heavy atom. The molecule has 21 heavy (non-hydrogen) atoms. The smallest absolute Gasteiger partial charge is 0.235 e. The van der Waals surface area contributed by atoms with Gasteiger partial charge in [0.2, 0.25) is 5.91 Å². The molecule has 1 amide bonds. The number of hydrogen-bond acceptors (Lipinski definition) is 4. The van der Waals surface area contributed by atoms with Crippen LogP contribution in [0.4, 0.5) is 0 Å². The van der Waals surface area contributed by atoms with Gasteiger partial charge >= 0.3 is 0 Å². The zero-order valence-corrected chi connectivity index (χ0v) is 13.4. The van der Waals surface area contributed by atoms with Gasteiger partial charge in [0, 0.05) is 25.4 Å². The molecule has 2 aromatic rings. The van der Waals surface area contributed by atoms with E-state index in [0.717, 1.165) is 17.0 Å². The highest BCUT2D eigenvalue weighted by Gasteiger charge is 2.18. The Morgan fingerprint density at radius 1 is 1.38 bits per heavy atom. The standard InChI is InChI=1S/C16H20N2O2S/c1-12-9-15(17-20-12)11-21-13(2)16(19)18(3)10-14-7-5-4-6-8-14/h4-9,13H,10-11H2,1-3H3. The Kier molecular flexibility index (Phi) is 5.44. The predicted molar refractivity (Wildman–Crippen MR) is 84.9 cm³/mol. The largest absolute Gasteiger partial charge is 0.361 e. The van der Waals surface area contributed by atoms with E-state index in [4.69, 9.17) is 4.52 Å². The molecule has 0 saturated heterocycles. The third-order valence-corrected chi connectivity index (χ3v) is 4.31. The maximum Gasteiger partial charge on any atom is 0.235 e. The summed E-state index contributed by atoms with van der Waals surface area (Å²) in [6, 6.07) is 11.9. The summed E-state index contributed by atoms with van der Waals surface area (Å²) in [6.07, 6.45) is 0. The van der Waals surface area contributed by atoms with Crippen molar-refractivity contribution < 1.29 is 9.32 Å². The third kappa shape index (κ3) is 4.63. The van der Waals surface area contributed by atoms with Crippen LogP contribution in [0, 0.1) is 6.92 Å². The van der Waals surface area contributed by atoms with Gasteiger partial charge in [0.15, 0.2) is 0 Å². The van der Waals surface area contributed by atoms with Gasteiger partial charge in [-0.2, -0.15) is 0 Å². The van der Waals surface area contributed by atoms with E-state index in [1.165, 1.54) is 0 Å². The van der Waals surface area contributed by atoms with E-state index in [-0.39, 0.29) is 11.2 Å². The van der Waals surface area contributed by atoms with Gasteiger partial charge in [-0.15, -0.1) is 11.8 Å². The minimum Gasteiger partial charge on any atom is -0.361 e. The number of aryl methyl sites for hydroxylation is 1. The van der Waals surface area contributed by atoms with Crippen molar-refractivity contribution in [1.29, 1.82) is 0 Å². The molecular weight excluding hydrogens is 284 g/mol. The second-order valence-corrected chi connectivity index (χ2v) is 6.39. The number of carbonyl (C=O) groups is 1. The second kappa shape index (κ2) is 7.31. The molecule has 0 aliphatic carbocycles. The number of amides is 1. The zero-order valence-electron chi connectivity index (χ0n) is 12.6. The van der Waals surface area contributed by atoms with E-state index in [9.17, 15) is 4.79 Å². The lowest BCUT2D eigenvalue weighted by Gasteiger charge is -2.21. The number of rotatable bonds is 6. The maximum absolute atomic E-state index is 12.3. The fraction of sp³-hybridized carbons (Fsp3) is 0.375. The highest BCUT2D eigenvalue weighted by atomic mass is 32.2. The first-order valence-corrected chi connectivity index (χ1v) is 7.94. The van der Waals surface area contributed by atoms with Crippen molar-refractivity contribution in [2.24, 2.45) is 0 Å². The van der Waals surface area contributed by atoms with E-state index in [2.05, 4.69) is 5.16 Å². The fourth-order valence-electron chi connectivity index (χ4n) is 2.01. The van der Waals surface area contributed by atoms with E-state index in [0.29, 0.717) is 12.3 Å². The molecule has 0 bridgehead atoms. The molecule has 4 nitrogen and oxygen atoms in total. The number of thioether (sulfide) groups is 1. The molecule has 0 aliphatic heterocycles. The van der Waals surface area contributed by atoms with Gasteiger partial charge in [-0.25, -0.2) is 0 Å². The molecule has 0 N–H and O–H groups in total. The molecule has 0 aliphatic rings. The predicted octanol–water partition coefficient (Wildman–Crippen LogP) is 3.26. The Morgan fingerprint density at radius 2 is 2.10 bits per heavy atom. The van der Waals surface area contributed by atoms with Gasteiger partial charge in [-0.05, 0) is 19.4 Å². The Bertz CT molecular complexity index is 583. The van der Waals surface area contributed by atoms with E-state index < -0.39 is 0 Å². The molecule has 112 valence electrons. The van der Waals surface area contributed by atoms with Crippen LogP contribution < -0.4 is 0 Å². The number of hydrogen-bond donors (Lipinski definition) is 0. The first-order chi connectivity index (χ1) is 10.1. The highest BCUT2D eigenvalue weighted by molar-refractivity contribution is 7.99. The van der Waals surface area contributed by atoms with Crippen LogP contribution in [-0.4, -0.2) is 28.3 Å². The van der Waals surface area contributed by atoms with E-state index in [1.54, 1.807) is 16.7 Å². The molecular formula is C16H20N2O2S. The lowest BCUT2D eigenvalue weighted by molar-refractivity contribution is -0.129. The Balaban J connectivity index is 1.83. The lowest BCUT2D eigenvalue weighted by atomic mass is 10.2. The van der Waals surface area contributed by atoms with Gasteiger partial charge in [0.05, 0.1) is 10.9 Å². The van der Waals surface area contributed by atoms with Crippen LogP contribution in [0.2, 0.25) is 0 Å². The Labute approximate surface area is 129 Å². The number of benzene rings is 1. The van der Waals surface area contributed by atoms with Gasteiger partial charge < -0.3 is 9.42 Å². The Hall–Kier alpha value is -1.75. The van der Waals surface area contributed by atoms with Crippen molar-refractivity contribution in [2.75, 3.05) is 7.05 Å². The molecule has 5 heteroatoms. The van der Waals surface area contributed by atoms with Crippen LogP contribution >= 0.6 is 11.8 Å². The molecule has 1 heterocycles. The summed E-state index contributed by atoms with van der Waals surface area (Å²) in [5.41, 5.74) is 2.01. The summed E-state index contributed by atoms with van der Waals surface area (Å²) in [5.74, 6) is 1.61. The molecule has 1 aromatic heterocycles. The summed E-state index contributed by atoms with van der Waals surface area (Å²) in [7, 11) is 1.84. The van der Waals surface area contributed by atoms with Gasteiger partial charge in [0.25, 0.3) is 0 Å². The monoisotopic (exact) mass is 304 g/mol. The van der Waals surface area contributed by atoms with Crippen LogP contribution in [0.3, 0.4) is 0 Å². The average molecular weight is 304 g/mol. The number of aromatic nitrogens is 1. The molecule has 0 fully saturated rings. The van der Waals surface area contributed by atoms with Crippen molar-refractivity contribution in [2.45, 2.75) is 31.4 Å². The minimum absolute atomic E-state index is 0.101. The fourth-order valence-corrected chi connectivity index (χ4v) is 2.89. The molecule has 1 atom stereocenters. The van der Waals surface area contributed by atoms with E-state index >= 15 is 0 Å². The van der Waals surface area contributed by atoms with Gasteiger partial charge in [-0.3, -0.25) is 4.79 Å². The molecule has 2 rings (SSSR count). The second-order valence-electron chi connectivity index (χ2n) is 5.06. The molecule has 1 unspecified atom stereocenters. The third-order valence-electron chi connectivity index (χ3n) is 3.14. The highest BCUT2D eigenvalue weighted by Crippen LogP contribution is 2.19. The van der Waals surface area contributed by atoms with E-state index in [1.807, 2.05) is 57.3 Å². The minimum atomic E-state index is -0.101.